The Kier molecular flexibility index (Phi) is 4.95. The number of carbonyl (C=O) groups is 1. The third-order valence-corrected chi connectivity index (χ3v) is 2.36. The highest BCUT2D eigenvalue weighted by molar-refractivity contribution is 5.92. The zero-order chi connectivity index (χ0) is 12.0. The fraction of sp³-hybridized carbons (Fsp3) is 0.417. The van der Waals surface area contributed by atoms with Crippen LogP contribution in [0.1, 0.15) is 12.5 Å². The summed E-state index contributed by atoms with van der Waals surface area (Å²) in [5, 5.41) is 14.6. The number of nitrogens with one attached hydrogen (secondary N) is 2. The van der Waals surface area contributed by atoms with E-state index in [0.29, 0.717) is 6.54 Å². The maximum Gasteiger partial charge on any atom is 0.228 e. The minimum Gasteiger partial charge on any atom is -0.392 e. The number of hydrogen-bond acceptors (Lipinski definition) is 3. The average molecular weight is 222 g/mol. The highest BCUT2D eigenvalue weighted by Gasteiger charge is 2.11. The van der Waals surface area contributed by atoms with Gasteiger partial charge in [0.2, 0.25) is 5.91 Å². The van der Waals surface area contributed by atoms with E-state index >= 15 is 0 Å². The van der Waals surface area contributed by atoms with E-state index in [1.807, 2.05) is 14.0 Å². The topological polar surface area (TPSA) is 61.4 Å². The Bertz CT molecular complexity index is 335. The average Bonchev–Trinajstić information content (AvgIpc) is 2.30. The van der Waals surface area contributed by atoms with Gasteiger partial charge in [-0.05, 0) is 24.7 Å². The van der Waals surface area contributed by atoms with E-state index in [0.717, 1.165) is 11.3 Å². The smallest absolute Gasteiger partial charge is 0.228 e. The molecule has 1 rings (SSSR count). The summed E-state index contributed by atoms with van der Waals surface area (Å²) < 4.78 is 0. The molecule has 1 atom stereocenters. The number of amides is 1. The number of rotatable bonds is 5. The fourth-order valence-corrected chi connectivity index (χ4v) is 1.36. The van der Waals surface area contributed by atoms with Gasteiger partial charge >= 0.3 is 0 Å². The summed E-state index contributed by atoms with van der Waals surface area (Å²) >= 11 is 0. The van der Waals surface area contributed by atoms with Gasteiger partial charge in [0.15, 0.2) is 0 Å². The number of aliphatic hydroxyl groups excluding tert-OH is 1. The molecule has 4 heteroatoms. The molecule has 88 valence electrons. The highest BCUT2D eigenvalue weighted by atomic mass is 16.3. The number of hydrogen-bond donors (Lipinski definition) is 3. The Labute approximate surface area is 95.7 Å². The molecule has 3 N–H and O–H groups in total. The second-order valence-corrected chi connectivity index (χ2v) is 3.80. The van der Waals surface area contributed by atoms with E-state index in [9.17, 15) is 4.79 Å². The third kappa shape index (κ3) is 3.64. The van der Waals surface area contributed by atoms with Crippen molar-refractivity contribution < 1.29 is 9.90 Å². The van der Waals surface area contributed by atoms with Crippen molar-refractivity contribution in [1.82, 2.24) is 5.32 Å². The molecule has 1 aromatic rings. The monoisotopic (exact) mass is 222 g/mol. The SMILES string of the molecule is CNCC(C)C(=O)Nc1ccc(CO)cc1. The maximum atomic E-state index is 11.7. The van der Waals surface area contributed by atoms with Crippen molar-refractivity contribution in [3.8, 4) is 0 Å². The van der Waals surface area contributed by atoms with Crippen LogP contribution in [0.3, 0.4) is 0 Å². The number of anilines is 1. The van der Waals surface area contributed by atoms with Gasteiger partial charge in [0, 0.05) is 18.2 Å². The van der Waals surface area contributed by atoms with Crippen molar-refractivity contribution in [3.05, 3.63) is 29.8 Å². The van der Waals surface area contributed by atoms with Crippen molar-refractivity contribution in [2.75, 3.05) is 18.9 Å². The Hall–Kier alpha value is -1.39. The van der Waals surface area contributed by atoms with Crippen molar-refractivity contribution >= 4 is 11.6 Å². The van der Waals surface area contributed by atoms with E-state index in [-0.39, 0.29) is 18.4 Å². The van der Waals surface area contributed by atoms with Gasteiger partial charge in [-0.15, -0.1) is 0 Å². The molecule has 0 fully saturated rings. The van der Waals surface area contributed by atoms with Crippen LogP contribution in [-0.2, 0) is 11.4 Å². The van der Waals surface area contributed by atoms with E-state index < -0.39 is 0 Å². The third-order valence-electron chi connectivity index (χ3n) is 2.36. The number of aliphatic hydroxyl groups is 1. The number of benzene rings is 1. The minimum atomic E-state index is -0.0671. The normalized spacial score (nSPS) is 12.2. The van der Waals surface area contributed by atoms with Crippen molar-refractivity contribution in [2.45, 2.75) is 13.5 Å². The summed E-state index contributed by atoms with van der Waals surface area (Å²) in [6.45, 7) is 2.54. The van der Waals surface area contributed by atoms with Gasteiger partial charge < -0.3 is 15.7 Å². The van der Waals surface area contributed by atoms with Crippen LogP contribution in [0.2, 0.25) is 0 Å². The Morgan fingerprint density at radius 3 is 2.50 bits per heavy atom. The highest BCUT2D eigenvalue weighted by Crippen LogP contribution is 2.10. The largest absolute Gasteiger partial charge is 0.392 e. The van der Waals surface area contributed by atoms with E-state index in [4.69, 9.17) is 5.11 Å². The predicted molar refractivity (Wildman–Crippen MR) is 64.1 cm³/mol. The van der Waals surface area contributed by atoms with Gasteiger partial charge in [-0.1, -0.05) is 19.1 Å². The lowest BCUT2D eigenvalue weighted by Gasteiger charge is -2.11. The van der Waals surface area contributed by atoms with Crippen molar-refractivity contribution in [2.24, 2.45) is 5.92 Å². The van der Waals surface area contributed by atoms with E-state index in [1.165, 1.54) is 0 Å². The quantitative estimate of drug-likeness (QED) is 0.695. The van der Waals surface area contributed by atoms with Gasteiger partial charge in [0.25, 0.3) is 0 Å². The molecule has 0 saturated carbocycles. The Morgan fingerprint density at radius 2 is 2.00 bits per heavy atom. The Morgan fingerprint density at radius 1 is 1.38 bits per heavy atom. The second-order valence-electron chi connectivity index (χ2n) is 3.80. The fourth-order valence-electron chi connectivity index (χ4n) is 1.36. The first-order chi connectivity index (χ1) is 7.67. The molecule has 1 amide bonds. The molecular weight excluding hydrogens is 204 g/mol. The molecule has 0 spiro atoms. The number of carbonyl (C=O) groups excluding carboxylic acids is 1. The summed E-state index contributed by atoms with van der Waals surface area (Å²) in [4.78, 5) is 11.7. The standard InChI is InChI=1S/C12H18N2O2/c1-9(7-13-2)12(16)14-11-5-3-10(8-15)4-6-11/h3-6,9,13,15H,7-8H2,1-2H3,(H,14,16). The van der Waals surface area contributed by atoms with Gasteiger partial charge in [-0.2, -0.15) is 0 Å². The molecular formula is C12H18N2O2. The van der Waals surface area contributed by atoms with Crippen LogP contribution >= 0.6 is 0 Å². The summed E-state index contributed by atoms with van der Waals surface area (Å²) in [6.07, 6.45) is 0. The lowest BCUT2D eigenvalue weighted by Crippen LogP contribution is -2.28. The van der Waals surface area contributed by atoms with Crippen LogP contribution in [0, 0.1) is 5.92 Å². The summed E-state index contributed by atoms with van der Waals surface area (Å²) in [7, 11) is 1.82. The molecule has 0 aliphatic rings. The first-order valence-corrected chi connectivity index (χ1v) is 5.32. The minimum absolute atomic E-state index is 0.00824. The second kappa shape index (κ2) is 6.25. The van der Waals surface area contributed by atoms with Crippen LogP contribution in [-0.4, -0.2) is 24.6 Å². The van der Waals surface area contributed by atoms with Crippen LogP contribution in [0.25, 0.3) is 0 Å². The van der Waals surface area contributed by atoms with Crippen molar-refractivity contribution in [3.63, 3.8) is 0 Å². The molecule has 1 aromatic carbocycles. The molecule has 0 heterocycles. The molecule has 4 nitrogen and oxygen atoms in total. The zero-order valence-corrected chi connectivity index (χ0v) is 9.66. The molecule has 1 unspecified atom stereocenters. The van der Waals surface area contributed by atoms with E-state index in [1.54, 1.807) is 24.3 Å². The summed E-state index contributed by atoms with van der Waals surface area (Å²) in [6, 6.07) is 7.15. The lowest BCUT2D eigenvalue weighted by molar-refractivity contribution is -0.119. The maximum absolute atomic E-state index is 11.7. The molecule has 0 aliphatic heterocycles. The van der Waals surface area contributed by atoms with Crippen LogP contribution in [0.5, 0.6) is 0 Å². The molecule has 0 aromatic heterocycles. The molecule has 0 bridgehead atoms. The first kappa shape index (κ1) is 12.7. The van der Waals surface area contributed by atoms with Crippen LogP contribution < -0.4 is 10.6 Å². The first-order valence-electron chi connectivity index (χ1n) is 5.32. The van der Waals surface area contributed by atoms with E-state index in [2.05, 4.69) is 10.6 Å². The lowest BCUT2D eigenvalue weighted by atomic mass is 10.1. The van der Waals surface area contributed by atoms with Gasteiger partial charge in [-0.3, -0.25) is 4.79 Å². The van der Waals surface area contributed by atoms with Gasteiger partial charge in [0.05, 0.1) is 6.61 Å². The van der Waals surface area contributed by atoms with Crippen molar-refractivity contribution in [1.29, 1.82) is 0 Å². The summed E-state index contributed by atoms with van der Waals surface area (Å²) in [5.41, 5.74) is 1.59. The molecule has 16 heavy (non-hydrogen) atoms. The van der Waals surface area contributed by atoms with Crippen LogP contribution in [0.15, 0.2) is 24.3 Å². The molecule has 0 aliphatic carbocycles. The molecule has 0 radical (unpaired) electrons. The zero-order valence-electron chi connectivity index (χ0n) is 9.66. The predicted octanol–water partition coefficient (Wildman–Crippen LogP) is 0.973. The van der Waals surface area contributed by atoms with Gasteiger partial charge in [-0.25, -0.2) is 0 Å². The van der Waals surface area contributed by atoms with Gasteiger partial charge in [0.1, 0.15) is 0 Å². The summed E-state index contributed by atoms with van der Waals surface area (Å²) in [5.74, 6) is -0.0754. The molecule has 0 saturated heterocycles. The van der Waals surface area contributed by atoms with Crippen LogP contribution in [0.4, 0.5) is 5.69 Å². The Balaban J connectivity index is 2.55.